The van der Waals surface area contributed by atoms with Crippen molar-refractivity contribution in [3.05, 3.63) is 9.98 Å². The molecule has 1 aliphatic rings. The molecule has 1 aliphatic carbocycles. The molecule has 0 radical (unpaired) electrons. The van der Waals surface area contributed by atoms with Gasteiger partial charge in [0.05, 0.1) is 15.9 Å². The van der Waals surface area contributed by atoms with Crippen LogP contribution in [0.15, 0.2) is 9.98 Å². The molecule has 0 aliphatic heterocycles. The number of aliphatic carboxylic acids is 1. The van der Waals surface area contributed by atoms with Crippen molar-refractivity contribution in [3.8, 4) is 0 Å². The second-order valence-electron chi connectivity index (χ2n) is 4.76. The van der Waals surface area contributed by atoms with Gasteiger partial charge in [0.1, 0.15) is 0 Å². The van der Waals surface area contributed by atoms with Crippen LogP contribution >= 0.6 is 27.3 Å². The number of amides is 2. The zero-order valence-corrected chi connectivity index (χ0v) is 13.2. The van der Waals surface area contributed by atoms with E-state index < -0.39 is 17.9 Å². The lowest BCUT2D eigenvalue weighted by Crippen LogP contribution is -2.44. The first-order valence-electron chi connectivity index (χ1n) is 6.48. The quantitative estimate of drug-likeness (QED) is 0.721. The zero-order chi connectivity index (χ0) is 14.5. The minimum absolute atomic E-state index is 0.321. The third kappa shape index (κ3) is 4.17. The van der Waals surface area contributed by atoms with Crippen molar-refractivity contribution in [2.75, 3.05) is 5.32 Å². The molecule has 1 fully saturated rings. The number of thiazole rings is 1. The number of nitrogens with one attached hydrogen (secondary N) is 2. The van der Waals surface area contributed by atoms with Gasteiger partial charge in [0.15, 0.2) is 5.13 Å². The fourth-order valence-corrected chi connectivity index (χ4v) is 3.49. The van der Waals surface area contributed by atoms with E-state index in [-0.39, 0.29) is 6.04 Å². The molecule has 2 amide bonds. The topological polar surface area (TPSA) is 91.3 Å². The first-order valence-corrected chi connectivity index (χ1v) is 8.09. The van der Waals surface area contributed by atoms with Crippen LogP contribution in [0.1, 0.15) is 32.1 Å². The van der Waals surface area contributed by atoms with Crippen molar-refractivity contribution in [2.24, 2.45) is 5.92 Å². The third-order valence-electron chi connectivity index (χ3n) is 3.35. The van der Waals surface area contributed by atoms with E-state index in [4.69, 9.17) is 0 Å². The average Bonchev–Trinajstić information content (AvgIpc) is 2.64. The number of halogens is 1. The second kappa shape index (κ2) is 7.03. The second-order valence-corrected chi connectivity index (χ2v) is 7.17. The number of hydrogen-bond donors (Lipinski definition) is 3. The molecular formula is C12H16BrN3O3S. The molecule has 0 spiro atoms. The van der Waals surface area contributed by atoms with Gasteiger partial charge in [0, 0.05) is 6.04 Å². The van der Waals surface area contributed by atoms with Crippen LogP contribution in [0.4, 0.5) is 9.93 Å². The molecule has 1 aromatic heterocycles. The predicted molar refractivity (Wildman–Crippen MR) is 80.0 cm³/mol. The molecular weight excluding hydrogens is 346 g/mol. The molecule has 1 heterocycles. The summed E-state index contributed by atoms with van der Waals surface area (Å²) in [5.74, 6) is -1.35. The number of carbonyl (C=O) groups is 2. The summed E-state index contributed by atoms with van der Waals surface area (Å²) < 4.78 is 0.825. The summed E-state index contributed by atoms with van der Waals surface area (Å²) in [6.07, 6.45) is 5.78. The largest absolute Gasteiger partial charge is 0.481 e. The van der Waals surface area contributed by atoms with Gasteiger partial charge in [-0.25, -0.2) is 9.78 Å². The van der Waals surface area contributed by atoms with Gasteiger partial charge in [-0.2, -0.15) is 0 Å². The van der Waals surface area contributed by atoms with E-state index in [2.05, 4.69) is 31.5 Å². The maximum Gasteiger partial charge on any atom is 0.321 e. The van der Waals surface area contributed by atoms with Crippen molar-refractivity contribution in [1.29, 1.82) is 0 Å². The summed E-state index contributed by atoms with van der Waals surface area (Å²) in [5, 5.41) is 15.1. The molecule has 1 aromatic rings. The highest BCUT2D eigenvalue weighted by atomic mass is 79.9. The normalized spacial score (nSPS) is 22.9. The van der Waals surface area contributed by atoms with E-state index in [0.717, 1.165) is 23.0 Å². The summed E-state index contributed by atoms with van der Waals surface area (Å²) in [5.41, 5.74) is 0. The average molecular weight is 362 g/mol. The highest BCUT2D eigenvalue weighted by molar-refractivity contribution is 9.11. The van der Waals surface area contributed by atoms with Crippen LogP contribution in [0.2, 0.25) is 0 Å². The standard InChI is InChI=1S/C12H16BrN3O3S/c13-9-6-14-12(20-9)16-11(19)15-8-5-3-1-2-4-7(8)10(17)18/h6-8H,1-5H2,(H,17,18)(H2,14,15,16,19). The Labute approximate surface area is 129 Å². The van der Waals surface area contributed by atoms with Gasteiger partial charge in [-0.15, -0.1) is 0 Å². The van der Waals surface area contributed by atoms with Crippen molar-refractivity contribution >= 4 is 44.4 Å². The van der Waals surface area contributed by atoms with Gasteiger partial charge in [-0.3, -0.25) is 10.1 Å². The number of hydrogen-bond acceptors (Lipinski definition) is 4. The van der Waals surface area contributed by atoms with Crippen LogP contribution in [0.5, 0.6) is 0 Å². The lowest BCUT2D eigenvalue weighted by molar-refractivity contribution is -0.142. The summed E-state index contributed by atoms with van der Waals surface area (Å²) in [6, 6.07) is -0.719. The highest BCUT2D eigenvalue weighted by Gasteiger charge is 2.30. The molecule has 0 bridgehead atoms. The minimum atomic E-state index is -0.839. The maximum atomic E-state index is 11.9. The van der Waals surface area contributed by atoms with Gasteiger partial charge in [0.25, 0.3) is 0 Å². The van der Waals surface area contributed by atoms with E-state index in [1.807, 2.05) is 0 Å². The van der Waals surface area contributed by atoms with Crippen LogP contribution in [-0.4, -0.2) is 28.1 Å². The Morgan fingerprint density at radius 1 is 1.35 bits per heavy atom. The molecule has 0 aromatic carbocycles. The van der Waals surface area contributed by atoms with Gasteiger partial charge < -0.3 is 10.4 Å². The first kappa shape index (κ1) is 15.2. The summed E-state index contributed by atoms with van der Waals surface area (Å²) >= 11 is 4.57. The number of rotatable bonds is 3. The van der Waals surface area contributed by atoms with Crippen LogP contribution < -0.4 is 10.6 Å². The Morgan fingerprint density at radius 3 is 2.75 bits per heavy atom. The van der Waals surface area contributed by atoms with E-state index in [1.165, 1.54) is 11.3 Å². The Bertz CT molecular complexity index is 494. The van der Waals surface area contributed by atoms with Gasteiger partial charge >= 0.3 is 12.0 Å². The summed E-state index contributed by atoms with van der Waals surface area (Å²) in [7, 11) is 0. The van der Waals surface area contributed by atoms with E-state index in [1.54, 1.807) is 6.20 Å². The molecule has 3 N–H and O–H groups in total. The molecule has 2 atom stereocenters. The highest BCUT2D eigenvalue weighted by Crippen LogP contribution is 2.25. The van der Waals surface area contributed by atoms with Crippen LogP contribution in [0, 0.1) is 5.92 Å². The Morgan fingerprint density at radius 2 is 2.10 bits per heavy atom. The van der Waals surface area contributed by atoms with Crippen molar-refractivity contribution < 1.29 is 14.7 Å². The Kier molecular flexibility index (Phi) is 5.36. The fraction of sp³-hybridized carbons (Fsp3) is 0.583. The molecule has 2 rings (SSSR count). The number of nitrogens with zero attached hydrogens (tertiary/aromatic N) is 1. The molecule has 6 nitrogen and oxygen atoms in total. The smallest absolute Gasteiger partial charge is 0.321 e. The Balaban J connectivity index is 1.95. The zero-order valence-electron chi connectivity index (χ0n) is 10.8. The molecule has 2 unspecified atom stereocenters. The number of anilines is 1. The monoisotopic (exact) mass is 361 g/mol. The number of urea groups is 1. The lowest BCUT2D eigenvalue weighted by atomic mass is 9.95. The summed E-state index contributed by atoms with van der Waals surface area (Å²) in [6.45, 7) is 0. The molecule has 0 saturated heterocycles. The number of aromatic nitrogens is 1. The van der Waals surface area contributed by atoms with Gasteiger partial charge in [-0.05, 0) is 28.8 Å². The van der Waals surface area contributed by atoms with E-state index >= 15 is 0 Å². The minimum Gasteiger partial charge on any atom is -0.481 e. The third-order valence-corrected chi connectivity index (χ3v) is 4.74. The summed E-state index contributed by atoms with van der Waals surface area (Å²) in [4.78, 5) is 27.2. The molecule has 20 heavy (non-hydrogen) atoms. The fourth-order valence-electron chi connectivity index (χ4n) is 2.39. The van der Waals surface area contributed by atoms with Crippen LogP contribution in [0.25, 0.3) is 0 Å². The molecule has 110 valence electrons. The van der Waals surface area contributed by atoms with Crippen molar-refractivity contribution in [1.82, 2.24) is 10.3 Å². The van der Waals surface area contributed by atoms with E-state index in [0.29, 0.717) is 18.0 Å². The SMILES string of the molecule is O=C(Nc1ncc(Br)s1)NC1CCCCCC1C(=O)O. The molecule has 1 saturated carbocycles. The Hall–Kier alpha value is -1.15. The van der Waals surface area contributed by atoms with E-state index in [9.17, 15) is 14.7 Å². The van der Waals surface area contributed by atoms with Crippen molar-refractivity contribution in [3.63, 3.8) is 0 Å². The number of carboxylic acids is 1. The van der Waals surface area contributed by atoms with Crippen LogP contribution in [-0.2, 0) is 4.79 Å². The molecule has 8 heteroatoms. The number of carbonyl (C=O) groups excluding carboxylic acids is 1. The van der Waals surface area contributed by atoms with Crippen molar-refractivity contribution in [2.45, 2.75) is 38.1 Å². The number of carboxylic acid groups (broad SMARTS) is 1. The maximum absolute atomic E-state index is 11.9. The van der Waals surface area contributed by atoms with Gasteiger partial charge in [0.2, 0.25) is 0 Å². The van der Waals surface area contributed by atoms with Gasteiger partial charge in [-0.1, -0.05) is 30.6 Å². The predicted octanol–water partition coefficient (Wildman–Crippen LogP) is 3.06. The first-order chi connectivity index (χ1) is 9.56. The van der Waals surface area contributed by atoms with Crippen LogP contribution in [0.3, 0.4) is 0 Å². The lowest BCUT2D eigenvalue weighted by Gasteiger charge is -2.22.